The van der Waals surface area contributed by atoms with Gasteiger partial charge in [0.1, 0.15) is 5.75 Å². The van der Waals surface area contributed by atoms with E-state index in [4.69, 9.17) is 10.5 Å². The van der Waals surface area contributed by atoms with Gasteiger partial charge in [0.05, 0.1) is 18.4 Å². The quantitative estimate of drug-likeness (QED) is 0.830. The van der Waals surface area contributed by atoms with Gasteiger partial charge in [0.2, 0.25) is 0 Å². The molecule has 0 bridgehead atoms. The van der Waals surface area contributed by atoms with Crippen molar-refractivity contribution in [2.24, 2.45) is 0 Å². The number of anilines is 2. The Bertz CT molecular complexity index is 609. The number of nitrogens with two attached hydrogens (primary N) is 1. The molecule has 2 rings (SSSR count). The third-order valence-electron chi connectivity index (χ3n) is 2.92. The van der Waals surface area contributed by atoms with Gasteiger partial charge in [-0.3, -0.25) is 4.79 Å². The van der Waals surface area contributed by atoms with Crippen molar-refractivity contribution in [1.29, 1.82) is 0 Å². The highest BCUT2D eigenvalue weighted by atomic mass is 16.5. The van der Waals surface area contributed by atoms with Crippen LogP contribution in [0.15, 0.2) is 42.5 Å². The average molecular weight is 256 g/mol. The van der Waals surface area contributed by atoms with E-state index in [0.29, 0.717) is 22.7 Å². The molecule has 0 radical (unpaired) electrons. The zero-order valence-electron chi connectivity index (χ0n) is 10.9. The predicted octanol–water partition coefficient (Wildman–Crippen LogP) is 2.84. The highest BCUT2D eigenvalue weighted by molar-refractivity contribution is 6.08. The number of nitrogens with one attached hydrogen (secondary N) is 1. The van der Waals surface area contributed by atoms with Crippen LogP contribution in [0.3, 0.4) is 0 Å². The Labute approximate surface area is 112 Å². The summed E-state index contributed by atoms with van der Waals surface area (Å²) in [5, 5.41) is 2.80. The second kappa shape index (κ2) is 5.44. The minimum atomic E-state index is -0.245. The predicted molar refractivity (Wildman–Crippen MR) is 76.5 cm³/mol. The second-order valence-corrected chi connectivity index (χ2v) is 4.19. The second-order valence-electron chi connectivity index (χ2n) is 4.19. The molecule has 0 aromatic heterocycles. The third kappa shape index (κ3) is 2.68. The van der Waals surface area contributed by atoms with Crippen LogP contribution >= 0.6 is 0 Å². The summed E-state index contributed by atoms with van der Waals surface area (Å²) in [6, 6.07) is 12.6. The number of ether oxygens (including phenoxy) is 1. The first-order valence-corrected chi connectivity index (χ1v) is 5.93. The van der Waals surface area contributed by atoms with Gasteiger partial charge in [-0.25, -0.2) is 0 Å². The van der Waals surface area contributed by atoms with Crippen LogP contribution in [0.2, 0.25) is 0 Å². The molecule has 0 unspecified atom stereocenters. The van der Waals surface area contributed by atoms with E-state index in [1.807, 2.05) is 31.2 Å². The summed E-state index contributed by atoms with van der Waals surface area (Å²) in [7, 11) is 1.56. The topological polar surface area (TPSA) is 64.3 Å². The molecule has 4 nitrogen and oxygen atoms in total. The molecule has 98 valence electrons. The van der Waals surface area contributed by atoms with Gasteiger partial charge in [0, 0.05) is 5.69 Å². The molecule has 0 heterocycles. The molecule has 0 fully saturated rings. The lowest BCUT2D eigenvalue weighted by Crippen LogP contribution is -2.15. The number of para-hydroxylation sites is 3. The van der Waals surface area contributed by atoms with Crippen LogP contribution in [0.25, 0.3) is 0 Å². The number of nitrogen functional groups attached to an aromatic ring is 1. The standard InChI is InChI=1S/C15H16N2O2/c1-10-6-5-7-11(14(10)16)15(18)17-12-8-3-4-9-13(12)19-2/h3-9H,16H2,1-2H3,(H,17,18). The number of hydrogen-bond acceptors (Lipinski definition) is 3. The number of amides is 1. The molecular weight excluding hydrogens is 240 g/mol. The molecule has 1 amide bonds. The summed E-state index contributed by atoms with van der Waals surface area (Å²) >= 11 is 0. The van der Waals surface area contributed by atoms with E-state index in [0.717, 1.165) is 5.56 Å². The van der Waals surface area contributed by atoms with E-state index in [9.17, 15) is 4.79 Å². The fraction of sp³-hybridized carbons (Fsp3) is 0.133. The van der Waals surface area contributed by atoms with Crippen molar-refractivity contribution in [2.45, 2.75) is 6.92 Å². The average Bonchev–Trinajstić information content (AvgIpc) is 2.42. The number of carbonyl (C=O) groups excluding carboxylic acids is 1. The van der Waals surface area contributed by atoms with Gasteiger partial charge < -0.3 is 15.8 Å². The molecule has 0 aliphatic rings. The van der Waals surface area contributed by atoms with Gasteiger partial charge in [-0.05, 0) is 30.7 Å². The molecule has 0 aliphatic heterocycles. The van der Waals surface area contributed by atoms with Crippen LogP contribution in [0.5, 0.6) is 5.75 Å². The maximum absolute atomic E-state index is 12.2. The lowest BCUT2D eigenvalue weighted by molar-refractivity contribution is 0.102. The van der Waals surface area contributed by atoms with Crippen molar-refractivity contribution in [2.75, 3.05) is 18.2 Å². The van der Waals surface area contributed by atoms with E-state index >= 15 is 0 Å². The first-order chi connectivity index (χ1) is 9.13. The summed E-state index contributed by atoms with van der Waals surface area (Å²) in [6.07, 6.45) is 0. The minimum Gasteiger partial charge on any atom is -0.495 e. The Morgan fingerprint density at radius 3 is 2.63 bits per heavy atom. The summed E-state index contributed by atoms with van der Waals surface area (Å²) in [5.41, 5.74) is 8.38. The normalized spacial score (nSPS) is 10.0. The largest absolute Gasteiger partial charge is 0.495 e. The van der Waals surface area contributed by atoms with Crippen LogP contribution < -0.4 is 15.8 Å². The number of aryl methyl sites for hydroxylation is 1. The molecule has 0 spiro atoms. The summed E-state index contributed by atoms with van der Waals surface area (Å²) in [6.45, 7) is 1.87. The number of rotatable bonds is 3. The Kier molecular flexibility index (Phi) is 3.71. The number of benzene rings is 2. The summed E-state index contributed by atoms with van der Waals surface area (Å²) in [4.78, 5) is 12.2. The van der Waals surface area contributed by atoms with Crippen LogP contribution in [0.4, 0.5) is 11.4 Å². The van der Waals surface area contributed by atoms with Gasteiger partial charge >= 0.3 is 0 Å². The van der Waals surface area contributed by atoms with E-state index in [1.54, 1.807) is 25.3 Å². The first kappa shape index (κ1) is 13.0. The van der Waals surface area contributed by atoms with Gasteiger partial charge in [0.15, 0.2) is 0 Å². The molecule has 2 aromatic carbocycles. The van der Waals surface area contributed by atoms with Gasteiger partial charge in [-0.1, -0.05) is 24.3 Å². The fourth-order valence-electron chi connectivity index (χ4n) is 1.82. The van der Waals surface area contributed by atoms with Crippen LogP contribution in [-0.4, -0.2) is 13.0 Å². The van der Waals surface area contributed by atoms with Crippen molar-refractivity contribution in [3.63, 3.8) is 0 Å². The molecule has 19 heavy (non-hydrogen) atoms. The molecule has 0 saturated carbocycles. The van der Waals surface area contributed by atoms with E-state index in [-0.39, 0.29) is 5.91 Å². The van der Waals surface area contributed by atoms with Crippen LogP contribution in [0, 0.1) is 6.92 Å². The molecular formula is C15H16N2O2. The maximum atomic E-state index is 12.2. The third-order valence-corrected chi connectivity index (χ3v) is 2.92. The molecule has 0 atom stereocenters. The summed E-state index contributed by atoms with van der Waals surface area (Å²) in [5.74, 6) is 0.368. The van der Waals surface area contributed by atoms with Crippen LogP contribution in [-0.2, 0) is 0 Å². The first-order valence-electron chi connectivity index (χ1n) is 5.93. The van der Waals surface area contributed by atoms with E-state index in [1.165, 1.54) is 0 Å². The van der Waals surface area contributed by atoms with Crippen molar-refractivity contribution in [3.05, 3.63) is 53.6 Å². The minimum absolute atomic E-state index is 0.245. The number of carbonyl (C=O) groups is 1. The monoisotopic (exact) mass is 256 g/mol. The van der Waals surface area contributed by atoms with E-state index < -0.39 is 0 Å². The van der Waals surface area contributed by atoms with Gasteiger partial charge in [-0.15, -0.1) is 0 Å². The SMILES string of the molecule is COc1ccccc1NC(=O)c1cccc(C)c1N. The Morgan fingerprint density at radius 1 is 1.16 bits per heavy atom. The Balaban J connectivity index is 2.28. The number of methoxy groups -OCH3 is 1. The van der Waals surface area contributed by atoms with E-state index in [2.05, 4.69) is 5.32 Å². The fourth-order valence-corrected chi connectivity index (χ4v) is 1.82. The zero-order valence-corrected chi connectivity index (χ0v) is 10.9. The lowest BCUT2D eigenvalue weighted by Gasteiger charge is -2.11. The zero-order chi connectivity index (χ0) is 13.8. The van der Waals surface area contributed by atoms with Crippen molar-refractivity contribution in [3.8, 4) is 5.75 Å². The van der Waals surface area contributed by atoms with Gasteiger partial charge in [0.25, 0.3) is 5.91 Å². The molecule has 4 heteroatoms. The van der Waals surface area contributed by atoms with Crippen molar-refractivity contribution in [1.82, 2.24) is 0 Å². The Morgan fingerprint density at radius 2 is 1.89 bits per heavy atom. The molecule has 3 N–H and O–H groups in total. The maximum Gasteiger partial charge on any atom is 0.257 e. The van der Waals surface area contributed by atoms with Crippen LogP contribution in [0.1, 0.15) is 15.9 Å². The highest BCUT2D eigenvalue weighted by Gasteiger charge is 2.12. The van der Waals surface area contributed by atoms with Crippen molar-refractivity contribution >= 4 is 17.3 Å². The van der Waals surface area contributed by atoms with Gasteiger partial charge in [-0.2, -0.15) is 0 Å². The highest BCUT2D eigenvalue weighted by Crippen LogP contribution is 2.25. The molecule has 0 aliphatic carbocycles. The lowest BCUT2D eigenvalue weighted by atomic mass is 10.1. The smallest absolute Gasteiger partial charge is 0.257 e. The summed E-state index contributed by atoms with van der Waals surface area (Å²) < 4.78 is 5.19. The van der Waals surface area contributed by atoms with Crippen molar-refractivity contribution < 1.29 is 9.53 Å². The molecule has 2 aromatic rings. The Hall–Kier alpha value is -2.49. The number of hydrogen-bond donors (Lipinski definition) is 2. The molecule has 0 saturated heterocycles.